The van der Waals surface area contributed by atoms with Crippen LogP contribution in [0.2, 0.25) is 5.15 Å². The van der Waals surface area contributed by atoms with E-state index >= 15 is 0 Å². The van der Waals surface area contributed by atoms with Crippen LogP contribution in [-0.4, -0.2) is 40.0 Å². The van der Waals surface area contributed by atoms with Crippen LogP contribution in [0, 0.1) is 5.92 Å². The summed E-state index contributed by atoms with van der Waals surface area (Å²) in [6.45, 7) is 0.905. The number of likely N-dealkylation sites (tertiary alicyclic amines) is 1. The van der Waals surface area contributed by atoms with Crippen LogP contribution >= 0.6 is 27.5 Å². The van der Waals surface area contributed by atoms with Gasteiger partial charge in [-0.05, 0) is 22.0 Å². The molecule has 0 atom stereocenters. The minimum Gasteiger partial charge on any atom is -0.481 e. The van der Waals surface area contributed by atoms with Crippen LogP contribution in [-0.2, 0) is 4.79 Å². The smallest absolute Gasteiger partial charge is 0.303 e. The van der Waals surface area contributed by atoms with Gasteiger partial charge < -0.3 is 10.0 Å². The van der Waals surface area contributed by atoms with Crippen LogP contribution in [0.1, 0.15) is 16.8 Å². The van der Waals surface area contributed by atoms with E-state index in [9.17, 15) is 9.59 Å². The Hall–Kier alpha value is -1.14. The van der Waals surface area contributed by atoms with Crippen molar-refractivity contribution in [2.75, 3.05) is 13.1 Å². The van der Waals surface area contributed by atoms with Crippen molar-refractivity contribution in [3.63, 3.8) is 0 Å². The van der Waals surface area contributed by atoms with E-state index in [1.165, 1.54) is 6.20 Å². The summed E-state index contributed by atoms with van der Waals surface area (Å²) >= 11 is 9.09. The van der Waals surface area contributed by atoms with E-state index in [1.54, 1.807) is 11.0 Å². The molecule has 7 heteroatoms. The summed E-state index contributed by atoms with van der Waals surface area (Å²) in [7, 11) is 0. The minimum atomic E-state index is -0.839. The molecule has 0 aromatic carbocycles. The summed E-state index contributed by atoms with van der Waals surface area (Å²) in [5.41, 5.74) is 0.333. The van der Waals surface area contributed by atoms with Crippen LogP contribution in [0.25, 0.3) is 0 Å². The molecule has 1 aromatic heterocycles. The van der Waals surface area contributed by atoms with Gasteiger partial charge in [0.15, 0.2) is 0 Å². The highest BCUT2D eigenvalue weighted by Crippen LogP contribution is 2.25. The molecule has 1 fully saturated rings. The maximum absolute atomic E-state index is 12.1. The van der Waals surface area contributed by atoms with Crippen molar-refractivity contribution in [1.82, 2.24) is 9.88 Å². The molecule has 1 aliphatic heterocycles. The lowest BCUT2D eigenvalue weighted by Crippen LogP contribution is -2.50. The van der Waals surface area contributed by atoms with Crippen molar-refractivity contribution in [1.29, 1.82) is 0 Å². The number of carbonyl (C=O) groups excluding carboxylic acids is 1. The second-order valence-corrected chi connectivity index (χ2v) is 5.44. The number of carboxylic acids is 1. The first-order valence-corrected chi connectivity index (χ1v) is 6.46. The molecule has 1 N–H and O–H groups in total. The van der Waals surface area contributed by atoms with Crippen LogP contribution in [0.3, 0.4) is 0 Å². The van der Waals surface area contributed by atoms with Crippen LogP contribution < -0.4 is 0 Å². The molecular formula is C11H10BrClN2O3. The van der Waals surface area contributed by atoms with Crippen molar-refractivity contribution in [2.45, 2.75) is 6.42 Å². The summed E-state index contributed by atoms with van der Waals surface area (Å²) in [6, 6.07) is 1.61. The average Bonchev–Trinajstić information content (AvgIpc) is 2.25. The van der Waals surface area contributed by atoms with Crippen molar-refractivity contribution < 1.29 is 14.7 Å². The van der Waals surface area contributed by atoms with Crippen molar-refractivity contribution in [3.8, 4) is 0 Å². The lowest BCUT2D eigenvalue weighted by atomic mass is 9.95. The molecule has 1 saturated heterocycles. The molecule has 0 aliphatic carbocycles. The first kappa shape index (κ1) is 13.3. The zero-order valence-corrected chi connectivity index (χ0v) is 11.6. The molecule has 0 spiro atoms. The number of rotatable bonds is 3. The Morgan fingerprint density at radius 1 is 1.56 bits per heavy atom. The second kappa shape index (κ2) is 5.24. The summed E-state index contributed by atoms with van der Waals surface area (Å²) in [6.07, 6.45) is 1.61. The largest absolute Gasteiger partial charge is 0.481 e. The third-order valence-electron chi connectivity index (χ3n) is 2.74. The van der Waals surface area contributed by atoms with Gasteiger partial charge in [-0.3, -0.25) is 9.59 Å². The maximum Gasteiger partial charge on any atom is 0.303 e. The van der Waals surface area contributed by atoms with Gasteiger partial charge >= 0.3 is 5.97 Å². The Balaban J connectivity index is 2.01. The molecule has 1 aliphatic rings. The summed E-state index contributed by atoms with van der Waals surface area (Å²) in [4.78, 5) is 28.0. The normalized spacial score (nSPS) is 15.3. The second-order valence-electron chi connectivity index (χ2n) is 4.17. The van der Waals surface area contributed by atoms with E-state index in [0.717, 1.165) is 0 Å². The first-order chi connectivity index (χ1) is 8.47. The Kier molecular flexibility index (Phi) is 3.87. The molecule has 1 amide bonds. The highest BCUT2D eigenvalue weighted by Gasteiger charge is 2.33. The van der Waals surface area contributed by atoms with Gasteiger partial charge in [0.2, 0.25) is 0 Å². The fraction of sp³-hybridized carbons (Fsp3) is 0.364. The first-order valence-electron chi connectivity index (χ1n) is 5.29. The third-order valence-corrected chi connectivity index (χ3v) is 3.48. The molecule has 96 valence electrons. The van der Waals surface area contributed by atoms with E-state index in [1.807, 2.05) is 0 Å². The zero-order valence-electron chi connectivity index (χ0n) is 9.27. The molecule has 2 heterocycles. The Labute approximate surface area is 117 Å². The number of nitrogens with zero attached hydrogens (tertiary/aromatic N) is 2. The quantitative estimate of drug-likeness (QED) is 0.859. The van der Waals surface area contributed by atoms with E-state index in [2.05, 4.69) is 20.9 Å². The number of aromatic nitrogens is 1. The number of carboxylic acid groups (broad SMARTS) is 1. The summed E-state index contributed by atoms with van der Waals surface area (Å²) in [5, 5.41) is 8.79. The van der Waals surface area contributed by atoms with Gasteiger partial charge in [0, 0.05) is 29.7 Å². The summed E-state index contributed by atoms with van der Waals surface area (Å²) < 4.78 is 0.679. The molecule has 0 bridgehead atoms. The van der Waals surface area contributed by atoms with Gasteiger partial charge in [0.05, 0.1) is 12.0 Å². The monoisotopic (exact) mass is 332 g/mol. The number of aliphatic carboxylic acids is 1. The summed E-state index contributed by atoms with van der Waals surface area (Å²) in [5.74, 6) is -1.02. The zero-order chi connectivity index (χ0) is 13.3. The van der Waals surface area contributed by atoms with E-state index in [-0.39, 0.29) is 23.4 Å². The van der Waals surface area contributed by atoms with Crippen molar-refractivity contribution in [3.05, 3.63) is 27.5 Å². The highest BCUT2D eigenvalue weighted by molar-refractivity contribution is 9.10. The molecule has 1 aromatic rings. The number of carbonyl (C=O) groups is 2. The van der Waals surface area contributed by atoms with Gasteiger partial charge in [-0.2, -0.15) is 0 Å². The van der Waals surface area contributed by atoms with E-state index < -0.39 is 5.97 Å². The van der Waals surface area contributed by atoms with E-state index in [4.69, 9.17) is 16.7 Å². The number of amides is 1. The molecular weight excluding hydrogens is 323 g/mol. The molecule has 0 radical (unpaired) electrons. The van der Waals surface area contributed by atoms with Crippen molar-refractivity contribution >= 4 is 39.4 Å². The number of halogens is 2. The molecule has 0 unspecified atom stereocenters. The molecule has 0 saturated carbocycles. The Morgan fingerprint density at radius 2 is 2.22 bits per heavy atom. The highest BCUT2D eigenvalue weighted by atomic mass is 79.9. The van der Waals surface area contributed by atoms with Gasteiger partial charge in [-0.15, -0.1) is 0 Å². The SMILES string of the molecule is O=C(O)CC1CN(C(=O)c2cc(Br)cnc2Cl)C1. The maximum atomic E-state index is 12.1. The predicted octanol–water partition coefficient (Wildman–Crippen LogP) is 2.04. The standard InChI is InChI=1S/C11H10BrClN2O3/c12-7-2-8(10(13)14-3-7)11(18)15-4-6(5-15)1-9(16)17/h2-3,6H,1,4-5H2,(H,16,17). The lowest BCUT2D eigenvalue weighted by Gasteiger charge is -2.38. The molecule has 18 heavy (non-hydrogen) atoms. The Morgan fingerprint density at radius 3 is 2.83 bits per heavy atom. The van der Waals surface area contributed by atoms with Crippen LogP contribution in [0.4, 0.5) is 0 Å². The third kappa shape index (κ3) is 2.81. The minimum absolute atomic E-state index is 0.0327. The predicted molar refractivity (Wildman–Crippen MR) is 68.6 cm³/mol. The van der Waals surface area contributed by atoms with Crippen LogP contribution in [0.5, 0.6) is 0 Å². The van der Waals surface area contributed by atoms with Crippen LogP contribution in [0.15, 0.2) is 16.7 Å². The van der Waals surface area contributed by atoms with Gasteiger partial charge in [-0.1, -0.05) is 11.6 Å². The van der Waals surface area contributed by atoms with Gasteiger partial charge in [-0.25, -0.2) is 4.98 Å². The average molecular weight is 334 g/mol. The van der Waals surface area contributed by atoms with E-state index in [0.29, 0.717) is 23.1 Å². The fourth-order valence-corrected chi connectivity index (χ4v) is 2.37. The topological polar surface area (TPSA) is 70.5 Å². The number of pyridine rings is 1. The number of hydrogen-bond donors (Lipinski definition) is 1. The Bertz CT molecular complexity index is 503. The van der Waals surface area contributed by atoms with Gasteiger partial charge in [0.1, 0.15) is 5.15 Å². The molecule has 5 nitrogen and oxygen atoms in total. The number of hydrogen-bond acceptors (Lipinski definition) is 3. The molecule has 2 rings (SSSR count). The fourth-order valence-electron chi connectivity index (χ4n) is 1.85. The van der Waals surface area contributed by atoms with Crippen molar-refractivity contribution in [2.24, 2.45) is 5.92 Å². The lowest BCUT2D eigenvalue weighted by molar-refractivity contribution is -0.139. The van der Waals surface area contributed by atoms with Gasteiger partial charge in [0.25, 0.3) is 5.91 Å².